The van der Waals surface area contributed by atoms with Crippen LogP contribution in [0.3, 0.4) is 0 Å². The summed E-state index contributed by atoms with van der Waals surface area (Å²) in [5.41, 5.74) is 1.06. The fraction of sp³-hybridized carbons (Fsp3) is 0.308. The molecule has 0 amide bonds. The summed E-state index contributed by atoms with van der Waals surface area (Å²) >= 11 is 0. The lowest BCUT2D eigenvalue weighted by Gasteiger charge is -2.16. The van der Waals surface area contributed by atoms with E-state index in [1.54, 1.807) is 6.08 Å². The molecular weight excluding hydrogens is 216 g/mol. The summed E-state index contributed by atoms with van der Waals surface area (Å²) in [6.07, 6.45) is 3.60. The zero-order valence-electron chi connectivity index (χ0n) is 10.0. The van der Waals surface area contributed by atoms with Gasteiger partial charge in [-0.25, -0.2) is 0 Å². The van der Waals surface area contributed by atoms with Crippen molar-refractivity contribution in [3.05, 3.63) is 35.9 Å². The van der Waals surface area contributed by atoms with Crippen LogP contribution in [-0.2, 0) is 4.79 Å². The van der Waals surface area contributed by atoms with Crippen LogP contribution in [0.5, 0.6) is 0 Å². The molecule has 0 aromatic heterocycles. The van der Waals surface area contributed by atoms with Crippen LogP contribution in [0.15, 0.2) is 30.3 Å². The van der Waals surface area contributed by atoms with Crippen LogP contribution in [0.1, 0.15) is 12.0 Å². The molecule has 1 rings (SSSR count). The van der Waals surface area contributed by atoms with Crippen LogP contribution in [0.4, 0.5) is 0 Å². The van der Waals surface area contributed by atoms with Gasteiger partial charge in [0, 0.05) is 0 Å². The molecule has 0 spiro atoms. The number of hydrogen-bond acceptors (Lipinski definition) is 1. The Morgan fingerprint density at radius 1 is 1.25 bits per heavy atom. The Hall–Kier alpha value is -1.35. The predicted octanol–water partition coefficient (Wildman–Crippen LogP) is 2.72. The van der Waals surface area contributed by atoms with Gasteiger partial charge in [-0.3, -0.25) is 4.79 Å². The lowest BCUT2D eigenvalue weighted by Crippen LogP contribution is -2.37. The molecular formula is C13H18O2Si. The lowest BCUT2D eigenvalue weighted by atomic mass is 10.2. The Balaban J connectivity index is 2.72. The van der Waals surface area contributed by atoms with Crippen LogP contribution >= 0.6 is 0 Å². The summed E-state index contributed by atoms with van der Waals surface area (Å²) in [6, 6.07) is 8.39. The van der Waals surface area contributed by atoms with E-state index in [-0.39, 0.29) is 6.42 Å². The zero-order valence-corrected chi connectivity index (χ0v) is 11.0. The third kappa shape index (κ3) is 4.02. The van der Waals surface area contributed by atoms with Gasteiger partial charge in [-0.1, -0.05) is 61.2 Å². The van der Waals surface area contributed by atoms with E-state index in [0.29, 0.717) is 0 Å². The molecule has 0 fully saturated rings. The quantitative estimate of drug-likeness (QED) is 0.813. The Labute approximate surface area is 97.6 Å². The van der Waals surface area contributed by atoms with Gasteiger partial charge in [0.25, 0.3) is 0 Å². The first-order chi connectivity index (χ1) is 7.39. The largest absolute Gasteiger partial charge is 0.481 e. The summed E-state index contributed by atoms with van der Waals surface area (Å²) in [4.78, 5) is 10.3. The minimum absolute atomic E-state index is 0.0791. The third-order valence-corrected chi connectivity index (χ3v) is 4.44. The maximum Gasteiger partial charge on any atom is 0.307 e. The van der Waals surface area contributed by atoms with Gasteiger partial charge in [-0.2, -0.15) is 0 Å². The van der Waals surface area contributed by atoms with Crippen LogP contribution in [0.25, 0.3) is 6.08 Å². The van der Waals surface area contributed by atoms with Gasteiger partial charge >= 0.3 is 5.97 Å². The first-order valence-electron chi connectivity index (χ1n) is 5.38. The minimum Gasteiger partial charge on any atom is -0.481 e. The predicted molar refractivity (Wildman–Crippen MR) is 70.7 cm³/mol. The molecule has 0 radical (unpaired) electrons. The van der Waals surface area contributed by atoms with E-state index >= 15 is 0 Å². The molecule has 0 atom stereocenters. The third-order valence-electron chi connectivity index (χ3n) is 2.38. The molecule has 3 heteroatoms. The molecule has 0 unspecified atom stereocenters. The number of carboxylic acid groups (broad SMARTS) is 1. The summed E-state index contributed by atoms with van der Waals surface area (Å²) < 4.78 is 0. The molecule has 1 N–H and O–H groups in total. The molecule has 0 aliphatic carbocycles. The fourth-order valence-electron chi connectivity index (χ4n) is 1.39. The number of carboxylic acids is 1. The molecule has 1 aromatic carbocycles. The van der Waals surface area contributed by atoms with E-state index in [1.165, 1.54) is 5.19 Å². The molecule has 2 nitrogen and oxygen atoms in total. The zero-order chi connectivity index (χ0) is 12.2. The standard InChI is InChI=1S/C13H18O2Si/c1-16(2,3)12-9-7-11(8-10-12)5-4-6-13(14)15/h4-5,7-10H,6H2,1-3H3,(H,14,15). The SMILES string of the molecule is C[Si](C)(C)c1ccc(C=CCC(=O)O)cc1. The van der Waals surface area contributed by atoms with Gasteiger partial charge in [-0.15, -0.1) is 0 Å². The van der Waals surface area contributed by atoms with Gasteiger partial charge in [0.05, 0.1) is 14.5 Å². The van der Waals surface area contributed by atoms with Gasteiger partial charge < -0.3 is 5.11 Å². The fourth-order valence-corrected chi connectivity index (χ4v) is 2.56. The Bertz CT molecular complexity index is 385. The molecule has 0 saturated carbocycles. The second-order valence-electron chi connectivity index (χ2n) is 4.87. The first kappa shape index (κ1) is 12.7. The van der Waals surface area contributed by atoms with Crippen molar-refractivity contribution in [2.45, 2.75) is 26.1 Å². The Kier molecular flexibility index (Phi) is 4.07. The second kappa shape index (κ2) is 5.12. The van der Waals surface area contributed by atoms with Crippen molar-refractivity contribution in [1.29, 1.82) is 0 Å². The van der Waals surface area contributed by atoms with Crippen LogP contribution in [-0.4, -0.2) is 19.1 Å². The van der Waals surface area contributed by atoms with Gasteiger partial charge in [-0.05, 0) is 5.56 Å². The van der Waals surface area contributed by atoms with Gasteiger partial charge in [0.1, 0.15) is 0 Å². The van der Waals surface area contributed by atoms with Crippen molar-refractivity contribution in [3.8, 4) is 0 Å². The van der Waals surface area contributed by atoms with E-state index in [4.69, 9.17) is 5.11 Å². The maximum absolute atomic E-state index is 10.3. The monoisotopic (exact) mass is 234 g/mol. The van der Waals surface area contributed by atoms with Crippen LogP contribution < -0.4 is 5.19 Å². The van der Waals surface area contributed by atoms with Crippen LogP contribution in [0, 0.1) is 0 Å². The molecule has 0 saturated heterocycles. The average Bonchev–Trinajstić information content (AvgIpc) is 2.16. The molecule has 1 aromatic rings. The van der Waals surface area contributed by atoms with Crippen molar-refractivity contribution >= 4 is 25.3 Å². The van der Waals surface area contributed by atoms with Crippen molar-refractivity contribution in [3.63, 3.8) is 0 Å². The Morgan fingerprint density at radius 2 is 1.81 bits per heavy atom. The molecule has 0 bridgehead atoms. The number of hydrogen-bond donors (Lipinski definition) is 1. The van der Waals surface area contributed by atoms with Gasteiger partial charge in [0.2, 0.25) is 0 Å². The molecule has 0 heterocycles. The highest BCUT2D eigenvalue weighted by Gasteiger charge is 2.15. The highest BCUT2D eigenvalue weighted by molar-refractivity contribution is 6.88. The molecule has 0 aliphatic rings. The number of rotatable bonds is 4. The Morgan fingerprint density at radius 3 is 2.25 bits per heavy atom. The topological polar surface area (TPSA) is 37.3 Å². The smallest absolute Gasteiger partial charge is 0.307 e. The normalized spacial score (nSPS) is 11.9. The average molecular weight is 234 g/mol. The molecule has 0 aliphatic heterocycles. The summed E-state index contributed by atoms with van der Waals surface area (Å²) in [5, 5.41) is 9.92. The first-order valence-corrected chi connectivity index (χ1v) is 8.88. The highest BCUT2D eigenvalue weighted by Crippen LogP contribution is 2.06. The number of aliphatic carboxylic acids is 1. The molecule has 86 valence electrons. The maximum atomic E-state index is 10.3. The van der Waals surface area contributed by atoms with E-state index in [2.05, 4.69) is 31.8 Å². The van der Waals surface area contributed by atoms with E-state index in [9.17, 15) is 4.79 Å². The lowest BCUT2D eigenvalue weighted by molar-refractivity contribution is -0.135. The highest BCUT2D eigenvalue weighted by atomic mass is 28.3. The second-order valence-corrected chi connectivity index (χ2v) is 9.95. The molecule has 16 heavy (non-hydrogen) atoms. The van der Waals surface area contributed by atoms with Crippen molar-refractivity contribution in [2.24, 2.45) is 0 Å². The minimum atomic E-state index is -1.22. The summed E-state index contributed by atoms with van der Waals surface area (Å²) in [7, 11) is -1.22. The summed E-state index contributed by atoms with van der Waals surface area (Å²) in [5.74, 6) is -0.796. The number of carbonyl (C=O) groups is 1. The number of benzene rings is 1. The van der Waals surface area contributed by atoms with Crippen molar-refractivity contribution in [1.82, 2.24) is 0 Å². The van der Waals surface area contributed by atoms with E-state index in [0.717, 1.165) is 5.56 Å². The van der Waals surface area contributed by atoms with Gasteiger partial charge in [0.15, 0.2) is 0 Å². The van der Waals surface area contributed by atoms with Crippen LogP contribution in [0.2, 0.25) is 19.6 Å². The van der Waals surface area contributed by atoms with Crippen molar-refractivity contribution < 1.29 is 9.90 Å². The van der Waals surface area contributed by atoms with E-state index in [1.807, 2.05) is 18.2 Å². The summed E-state index contributed by atoms with van der Waals surface area (Å²) in [6.45, 7) is 6.92. The van der Waals surface area contributed by atoms with Crippen molar-refractivity contribution in [2.75, 3.05) is 0 Å². The van der Waals surface area contributed by atoms with E-state index < -0.39 is 14.0 Å².